The van der Waals surface area contributed by atoms with Crippen molar-refractivity contribution in [2.24, 2.45) is 4.99 Å². The van der Waals surface area contributed by atoms with E-state index < -0.39 is 0 Å². The first-order chi connectivity index (χ1) is 13.6. The van der Waals surface area contributed by atoms with Crippen molar-refractivity contribution in [3.8, 4) is 5.75 Å². The predicted octanol–water partition coefficient (Wildman–Crippen LogP) is 2.65. The molecule has 1 atom stereocenters. The van der Waals surface area contributed by atoms with Gasteiger partial charge in [0, 0.05) is 37.5 Å². The van der Waals surface area contributed by atoms with Crippen LogP contribution in [-0.4, -0.2) is 40.4 Å². The number of ether oxygens (including phenoxy) is 1. The fourth-order valence-corrected chi connectivity index (χ4v) is 3.20. The second kappa shape index (κ2) is 9.39. The molecule has 7 nitrogen and oxygen atoms in total. The first-order valence-corrected chi connectivity index (χ1v) is 9.83. The molecule has 0 radical (unpaired) electrons. The van der Waals surface area contributed by atoms with E-state index >= 15 is 0 Å². The van der Waals surface area contributed by atoms with Crippen LogP contribution in [0.3, 0.4) is 0 Å². The molecule has 0 bridgehead atoms. The van der Waals surface area contributed by atoms with E-state index in [0.717, 1.165) is 48.3 Å². The van der Waals surface area contributed by atoms with Crippen LogP contribution >= 0.6 is 0 Å². The lowest BCUT2D eigenvalue weighted by Gasteiger charge is -2.25. The molecule has 0 amide bonds. The van der Waals surface area contributed by atoms with Crippen molar-refractivity contribution in [1.82, 2.24) is 25.4 Å². The maximum atomic E-state index is 5.73. The summed E-state index contributed by atoms with van der Waals surface area (Å²) in [5.74, 6) is 3.99. The third-order valence-corrected chi connectivity index (χ3v) is 4.73. The molecule has 1 unspecified atom stereocenters. The van der Waals surface area contributed by atoms with Gasteiger partial charge in [0.1, 0.15) is 18.2 Å². The number of aliphatic imine (C=N–C) groups is 1. The monoisotopic (exact) mass is 382 g/mol. The molecule has 0 saturated carbocycles. The summed E-state index contributed by atoms with van der Waals surface area (Å²) in [6.07, 6.45) is 3.68. The Morgan fingerprint density at radius 1 is 1.43 bits per heavy atom. The van der Waals surface area contributed by atoms with Crippen LogP contribution in [0, 0.1) is 0 Å². The molecular weight excluding hydrogens is 352 g/mol. The number of aryl methyl sites for hydroxylation is 1. The van der Waals surface area contributed by atoms with Crippen molar-refractivity contribution in [3.05, 3.63) is 54.1 Å². The van der Waals surface area contributed by atoms with E-state index in [4.69, 9.17) is 4.74 Å². The van der Waals surface area contributed by atoms with Gasteiger partial charge in [0.25, 0.3) is 0 Å². The van der Waals surface area contributed by atoms with Gasteiger partial charge in [-0.2, -0.15) is 5.10 Å². The molecule has 0 saturated heterocycles. The highest BCUT2D eigenvalue weighted by molar-refractivity contribution is 5.80. The number of hydrogen-bond acceptors (Lipinski definition) is 4. The molecule has 0 fully saturated rings. The van der Waals surface area contributed by atoms with Gasteiger partial charge >= 0.3 is 0 Å². The van der Waals surface area contributed by atoms with Crippen LogP contribution in [0.5, 0.6) is 5.75 Å². The Bertz CT molecular complexity index is 826. The fraction of sp³-hybridized carbons (Fsp3) is 0.476. The van der Waals surface area contributed by atoms with Crippen LogP contribution < -0.4 is 15.4 Å². The summed E-state index contributed by atoms with van der Waals surface area (Å²) in [6.45, 7) is 9.87. The normalized spacial score (nSPS) is 16.6. The van der Waals surface area contributed by atoms with E-state index in [1.165, 1.54) is 0 Å². The molecule has 0 aliphatic carbocycles. The Labute approximate surface area is 166 Å². The van der Waals surface area contributed by atoms with Crippen LogP contribution in [-0.2, 0) is 19.5 Å². The molecule has 2 N–H and O–H groups in total. The van der Waals surface area contributed by atoms with Crippen LogP contribution in [0.15, 0.2) is 41.9 Å². The molecule has 2 aromatic rings. The van der Waals surface area contributed by atoms with Crippen LogP contribution in [0.2, 0.25) is 0 Å². The van der Waals surface area contributed by atoms with Crippen molar-refractivity contribution in [2.75, 3.05) is 13.7 Å². The maximum Gasteiger partial charge on any atom is 0.191 e. The van der Waals surface area contributed by atoms with E-state index in [1.54, 1.807) is 13.1 Å². The van der Waals surface area contributed by atoms with Gasteiger partial charge in [-0.05, 0) is 12.5 Å². The first-order valence-electron chi connectivity index (χ1n) is 9.83. The lowest BCUT2D eigenvalue weighted by atomic mass is 10.1. The van der Waals surface area contributed by atoms with Crippen molar-refractivity contribution >= 4 is 5.96 Å². The number of rotatable bonds is 7. The predicted molar refractivity (Wildman–Crippen MR) is 112 cm³/mol. The summed E-state index contributed by atoms with van der Waals surface area (Å²) in [4.78, 5) is 9.02. The number of fused-ring (bicyclic) bond motifs is 1. The maximum absolute atomic E-state index is 5.73. The fourth-order valence-electron chi connectivity index (χ4n) is 3.20. The van der Waals surface area contributed by atoms with Gasteiger partial charge in [-0.3, -0.25) is 4.99 Å². The van der Waals surface area contributed by atoms with E-state index in [1.807, 2.05) is 22.9 Å². The van der Waals surface area contributed by atoms with E-state index in [0.29, 0.717) is 19.1 Å². The third kappa shape index (κ3) is 4.91. The molecule has 7 heteroatoms. The Morgan fingerprint density at radius 3 is 3.00 bits per heavy atom. The van der Waals surface area contributed by atoms with Crippen molar-refractivity contribution in [3.63, 3.8) is 0 Å². The number of aromatic nitrogens is 3. The zero-order valence-electron chi connectivity index (χ0n) is 17.0. The van der Waals surface area contributed by atoms with Crippen molar-refractivity contribution < 1.29 is 4.74 Å². The van der Waals surface area contributed by atoms with Gasteiger partial charge in [0.05, 0.1) is 6.54 Å². The summed E-state index contributed by atoms with van der Waals surface area (Å²) in [6, 6.07) is 8.27. The molecule has 2 heterocycles. The second-order valence-electron chi connectivity index (χ2n) is 7.24. The SMILES string of the molecule is C=CCOc1ccccc1CNC(=NC)NC1CCc2nc(C(C)C)nn2C1. The lowest BCUT2D eigenvalue weighted by molar-refractivity contribution is 0.358. The van der Waals surface area contributed by atoms with E-state index in [9.17, 15) is 0 Å². The molecule has 1 aliphatic rings. The molecule has 1 aliphatic heterocycles. The number of hydrogen-bond donors (Lipinski definition) is 2. The van der Waals surface area contributed by atoms with Gasteiger partial charge in [-0.15, -0.1) is 0 Å². The molecular formula is C21H30N6O. The number of guanidine groups is 1. The average Bonchev–Trinajstić information content (AvgIpc) is 3.14. The zero-order valence-corrected chi connectivity index (χ0v) is 17.0. The topological polar surface area (TPSA) is 76.4 Å². The average molecular weight is 383 g/mol. The minimum Gasteiger partial charge on any atom is -0.489 e. The Balaban J connectivity index is 1.57. The van der Waals surface area contributed by atoms with Gasteiger partial charge in [0.2, 0.25) is 0 Å². The Kier molecular flexibility index (Phi) is 6.68. The number of nitrogens with zero attached hydrogens (tertiary/aromatic N) is 4. The molecule has 3 rings (SSSR count). The summed E-state index contributed by atoms with van der Waals surface area (Å²) in [7, 11) is 1.79. The molecule has 28 heavy (non-hydrogen) atoms. The molecule has 0 spiro atoms. The summed E-state index contributed by atoms with van der Waals surface area (Å²) in [5.41, 5.74) is 1.08. The van der Waals surface area contributed by atoms with Gasteiger partial charge in [-0.25, -0.2) is 9.67 Å². The van der Waals surface area contributed by atoms with E-state index in [-0.39, 0.29) is 6.04 Å². The highest BCUT2D eigenvalue weighted by Gasteiger charge is 2.23. The smallest absolute Gasteiger partial charge is 0.191 e. The van der Waals surface area contributed by atoms with Crippen LogP contribution in [0.1, 0.15) is 43.4 Å². The van der Waals surface area contributed by atoms with Gasteiger partial charge in [0.15, 0.2) is 11.8 Å². The minimum atomic E-state index is 0.271. The summed E-state index contributed by atoms with van der Waals surface area (Å²) >= 11 is 0. The van der Waals surface area contributed by atoms with Gasteiger partial charge < -0.3 is 15.4 Å². The van der Waals surface area contributed by atoms with Gasteiger partial charge in [-0.1, -0.05) is 44.7 Å². The largest absolute Gasteiger partial charge is 0.489 e. The van der Waals surface area contributed by atoms with Crippen LogP contribution in [0.25, 0.3) is 0 Å². The Hall–Kier alpha value is -2.83. The third-order valence-electron chi connectivity index (χ3n) is 4.73. The standard InChI is InChI=1S/C21H30N6O/c1-5-12-28-18-9-7-6-8-16(18)13-23-21(22-4)24-17-10-11-19-25-20(15(2)3)26-27(19)14-17/h5-9,15,17H,1,10-14H2,2-4H3,(H2,22,23,24). The second-order valence-corrected chi connectivity index (χ2v) is 7.24. The summed E-state index contributed by atoms with van der Waals surface area (Å²) < 4.78 is 7.76. The quantitative estimate of drug-likeness (QED) is 0.437. The minimum absolute atomic E-state index is 0.271. The summed E-state index contributed by atoms with van der Waals surface area (Å²) in [5, 5.41) is 11.5. The highest BCUT2D eigenvalue weighted by Crippen LogP contribution is 2.18. The number of benzene rings is 1. The molecule has 150 valence electrons. The van der Waals surface area contributed by atoms with E-state index in [2.05, 4.69) is 52.2 Å². The highest BCUT2D eigenvalue weighted by atomic mass is 16.5. The molecule has 1 aromatic heterocycles. The van der Waals surface area contributed by atoms with Crippen molar-refractivity contribution in [2.45, 2.75) is 51.7 Å². The number of nitrogens with one attached hydrogen (secondary N) is 2. The zero-order chi connectivity index (χ0) is 19.9. The van der Waals surface area contributed by atoms with Crippen LogP contribution in [0.4, 0.5) is 0 Å². The van der Waals surface area contributed by atoms with Crippen molar-refractivity contribution in [1.29, 1.82) is 0 Å². The Morgan fingerprint density at radius 2 is 2.25 bits per heavy atom. The first kappa shape index (κ1) is 19.9. The lowest BCUT2D eigenvalue weighted by Crippen LogP contribution is -2.46. The number of para-hydroxylation sites is 1. The molecule has 1 aromatic carbocycles.